The quantitative estimate of drug-likeness (QED) is 0.688. The van der Waals surface area contributed by atoms with Gasteiger partial charge in [-0.25, -0.2) is 9.97 Å². The van der Waals surface area contributed by atoms with Crippen molar-refractivity contribution in [2.45, 2.75) is 0 Å². The Balaban J connectivity index is 2.49. The van der Waals surface area contributed by atoms with Gasteiger partial charge in [-0.05, 0) is 0 Å². The number of halogens is 1. The molecular formula is C11H6ClN3. The minimum atomic E-state index is 0.186. The van der Waals surface area contributed by atoms with E-state index in [0.29, 0.717) is 5.82 Å². The third kappa shape index (κ3) is 1.95. The molecule has 15 heavy (non-hydrogen) atoms. The van der Waals surface area contributed by atoms with Gasteiger partial charge in [-0.1, -0.05) is 41.9 Å². The summed E-state index contributed by atoms with van der Waals surface area (Å²) in [6.45, 7) is 0. The highest BCUT2D eigenvalue weighted by Crippen LogP contribution is 2.18. The number of nitriles is 1. The van der Waals surface area contributed by atoms with Crippen LogP contribution in [-0.2, 0) is 0 Å². The normalized spacial score (nSPS) is 9.60. The van der Waals surface area contributed by atoms with Crippen LogP contribution in [0.2, 0.25) is 5.15 Å². The Bertz CT molecular complexity index is 517. The summed E-state index contributed by atoms with van der Waals surface area (Å²) in [6, 6.07) is 11.4. The molecular weight excluding hydrogens is 210 g/mol. The highest BCUT2D eigenvalue weighted by atomic mass is 35.5. The van der Waals surface area contributed by atoms with E-state index in [1.165, 1.54) is 6.20 Å². The maximum atomic E-state index is 8.67. The van der Waals surface area contributed by atoms with Crippen LogP contribution in [0, 0.1) is 11.3 Å². The molecule has 0 bridgehead atoms. The summed E-state index contributed by atoms with van der Waals surface area (Å²) in [7, 11) is 0. The highest BCUT2D eigenvalue weighted by molar-refractivity contribution is 6.30. The van der Waals surface area contributed by atoms with E-state index in [-0.39, 0.29) is 10.7 Å². The maximum Gasteiger partial charge on any atom is 0.160 e. The van der Waals surface area contributed by atoms with E-state index in [1.807, 2.05) is 36.4 Å². The molecule has 0 aliphatic rings. The average Bonchev–Trinajstić information content (AvgIpc) is 2.30. The zero-order valence-corrected chi connectivity index (χ0v) is 8.44. The molecule has 0 N–H and O–H groups in total. The van der Waals surface area contributed by atoms with Gasteiger partial charge in [0.15, 0.2) is 11.0 Å². The van der Waals surface area contributed by atoms with Gasteiger partial charge in [0.2, 0.25) is 0 Å². The second-order valence-electron chi connectivity index (χ2n) is 2.88. The molecule has 1 aromatic carbocycles. The smallest absolute Gasteiger partial charge is 0.160 e. The zero-order chi connectivity index (χ0) is 10.7. The van der Waals surface area contributed by atoms with Crippen LogP contribution < -0.4 is 0 Å². The van der Waals surface area contributed by atoms with E-state index in [9.17, 15) is 0 Å². The monoisotopic (exact) mass is 215 g/mol. The molecule has 4 heteroatoms. The predicted molar refractivity (Wildman–Crippen MR) is 57.2 cm³/mol. The van der Waals surface area contributed by atoms with Gasteiger partial charge in [0, 0.05) is 5.56 Å². The molecule has 0 aliphatic carbocycles. The minimum Gasteiger partial charge on any atom is -0.235 e. The van der Waals surface area contributed by atoms with E-state index in [2.05, 4.69) is 9.97 Å². The van der Waals surface area contributed by atoms with Crippen LogP contribution in [0.3, 0.4) is 0 Å². The van der Waals surface area contributed by atoms with Gasteiger partial charge in [-0.15, -0.1) is 0 Å². The third-order valence-electron chi connectivity index (χ3n) is 1.89. The van der Waals surface area contributed by atoms with Gasteiger partial charge in [0.25, 0.3) is 0 Å². The van der Waals surface area contributed by atoms with Gasteiger partial charge >= 0.3 is 0 Å². The molecule has 2 aromatic rings. The highest BCUT2D eigenvalue weighted by Gasteiger charge is 2.05. The molecule has 0 atom stereocenters. The van der Waals surface area contributed by atoms with Crippen LogP contribution in [0.4, 0.5) is 0 Å². The first-order valence-electron chi connectivity index (χ1n) is 4.29. The lowest BCUT2D eigenvalue weighted by molar-refractivity contribution is 1.16. The van der Waals surface area contributed by atoms with Crippen molar-refractivity contribution < 1.29 is 0 Å². The summed E-state index contributed by atoms with van der Waals surface area (Å²) in [4.78, 5) is 8.11. The van der Waals surface area contributed by atoms with Gasteiger partial charge in [0.1, 0.15) is 11.6 Å². The number of aromatic nitrogens is 2. The first-order valence-corrected chi connectivity index (χ1v) is 4.67. The molecule has 72 valence electrons. The predicted octanol–water partition coefficient (Wildman–Crippen LogP) is 2.67. The first kappa shape index (κ1) is 9.63. The van der Waals surface area contributed by atoms with E-state index in [0.717, 1.165) is 5.56 Å². The summed E-state index contributed by atoms with van der Waals surface area (Å²) in [5.74, 6) is 0.527. The second kappa shape index (κ2) is 4.07. The summed E-state index contributed by atoms with van der Waals surface area (Å²) < 4.78 is 0. The van der Waals surface area contributed by atoms with Crippen LogP contribution in [0.5, 0.6) is 0 Å². The van der Waals surface area contributed by atoms with E-state index < -0.39 is 0 Å². The molecule has 0 saturated heterocycles. The molecule has 2 rings (SSSR count). The summed E-state index contributed by atoms with van der Waals surface area (Å²) in [5, 5.41) is 8.85. The standard InChI is InChI=1S/C11H6ClN3/c12-10-9(6-13)7-14-11(15-10)8-4-2-1-3-5-8/h1-5,7H. The average molecular weight is 216 g/mol. The molecule has 0 fully saturated rings. The molecule has 0 saturated carbocycles. The first-order chi connectivity index (χ1) is 7.31. The number of benzene rings is 1. The summed E-state index contributed by atoms with van der Waals surface area (Å²) in [5.41, 5.74) is 1.17. The Morgan fingerprint density at radius 3 is 2.53 bits per heavy atom. The topological polar surface area (TPSA) is 49.6 Å². The molecule has 0 aliphatic heterocycles. The van der Waals surface area contributed by atoms with Crippen LogP contribution in [0.1, 0.15) is 5.56 Å². The fourth-order valence-electron chi connectivity index (χ4n) is 1.16. The lowest BCUT2D eigenvalue weighted by atomic mass is 10.2. The Morgan fingerprint density at radius 2 is 1.93 bits per heavy atom. The zero-order valence-electron chi connectivity index (χ0n) is 7.68. The van der Waals surface area contributed by atoms with Gasteiger partial charge in [0.05, 0.1) is 6.20 Å². The van der Waals surface area contributed by atoms with Crippen LogP contribution in [0.15, 0.2) is 36.5 Å². The van der Waals surface area contributed by atoms with Crippen LogP contribution >= 0.6 is 11.6 Å². The number of hydrogen-bond acceptors (Lipinski definition) is 3. The molecule has 0 spiro atoms. The van der Waals surface area contributed by atoms with Crippen molar-refractivity contribution in [1.82, 2.24) is 9.97 Å². The Kier molecular flexibility index (Phi) is 2.61. The Hall–Kier alpha value is -1.92. The van der Waals surface area contributed by atoms with Crippen molar-refractivity contribution in [2.75, 3.05) is 0 Å². The van der Waals surface area contributed by atoms with Crippen molar-refractivity contribution in [2.24, 2.45) is 0 Å². The molecule has 0 radical (unpaired) electrons. The van der Waals surface area contributed by atoms with E-state index in [4.69, 9.17) is 16.9 Å². The van der Waals surface area contributed by atoms with Gasteiger partial charge < -0.3 is 0 Å². The number of hydrogen-bond donors (Lipinski definition) is 0. The molecule has 1 heterocycles. The largest absolute Gasteiger partial charge is 0.235 e. The molecule has 1 aromatic heterocycles. The van der Waals surface area contributed by atoms with Gasteiger partial charge in [-0.2, -0.15) is 5.26 Å². The van der Waals surface area contributed by atoms with Crippen molar-refractivity contribution in [3.05, 3.63) is 47.2 Å². The second-order valence-corrected chi connectivity index (χ2v) is 3.23. The van der Waals surface area contributed by atoms with Crippen molar-refractivity contribution in [3.8, 4) is 17.5 Å². The summed E-state index contributed by atoms with van der Waals surface area (Å²) >= 11 is 5.81. The summed E-state index contributed by atoms with van der Waals surface area (Å²) in [6.07, 6.45) is 1.43. The lowest BCUT2D eigenvalue weighted by Crippen LogP contribution is -1.91. The molecule has 3 nitrogen and oxygen atoms in total. The molecule has 0 unspecified atom stereocenters. The third-order valence-corrected chi connectivity index (χ3v) is 2.18. The van der Waals surface area contributed by atoms with Crippen molar-refractivity contribution in [3.63, 3.8) is 0 Å². The Labute approximate surface area is 92.0 Å². The van der Waals surface area contributed by atoms with Crippen molar-refractivity contribution >= 4 is 11.6 Å². The number of nitrogens with zero attached hydrogens (tertiary/aromatic N) is 3. The Morgan fingerprint density at radius 1 is 1.20 bits per heavy atom. The lowest BCUT2D eigenvalue weighted by Gasteiger charge is -2.00. The van der Waals surface area contributed by atoms with Crippen molar-refractivity contribution in [1.29, 1.82) is 5.26 Å². The van der Waals surface area contributed by atoms with Crippen LogP contribution in [0.25, 0.3) is 11.4 Å². The van der Waals surface area contributed by atoms with E-state index >= 15 is 0 Å². The molecule has 0 amide bonds. The maximum absolute atomic E-state index is 8.67. The van der Waals surface area contributed by atoms with Gasteiger partial charge in [-0.3, -0.25) is 0 Å². The fraction of sp³-hybridized carbons (Fsp3) is 0. The SMILES string of the molecule is N#Cc1cnc(-c2ccccc2)nc1Cl. The minimum absolute atomic E-state index is 0.186. The van der Waals surface area contributed by atoms with Crippen LogP contribution in [-0.4, -0.2) is 9.97 Å². The van der Waals surface area contributed by atoms with E-state index in [1.54, 1.807) is 0 Å². The number of rotatable bonds is 1. The fourth-order valence-corrected chi connectivity index (χ4v) is 1.33.